The standard InChI is InChI=1S/C19H23BrO2/c1-11-12(2)18(5)17(11,4)13(3)19(18,6)22-16(21)14-7-9-15(20)10-8-14/h7-10,13H,1-6H3/t13-,17-,18+,19-/m1/s1. The van der Waals surface area contributed by atoms with Gasteiger partial charge < -0.3 is 4.74 Å². The topological polar surface area (TPSA) is 26.3 Å². The number of allylic oxidation sites excluding steroid dienone is 1. The molecule has 22 heavy (non-hydrogen) atoms. The van der Waals surface area contributed by atoms with Gasteiger partial charge in [0.15, 0.2) is 0 Å². The summed E-state index contributed by atoms with van der Waals surface area (Å²) in [6.45, 7) is 13.2. The fraction of sp³-hybridized carbons (Fsp3) is 0.526. The van der Waals surface area contributed by atoms with E-state index in [2.05, 4.69) is 57.5 Å². The predicted molar refractivity (Wildman–Crippen MR) is 91.7 cm³/mol. The first-order valence-electron chi connectivity index (χ1n) is 7.78. The number of ether oxygens (including phenoxy) is 1. The smallest absolute Gasteiger partial charge is 0.338 e. The molecule has 4 atom stereocenters. The lowest BCUT2D eigenvalue weighted by Crippen LogP contribution is -2.79. The van der Waals surface area contributed by atoms with Crippen LogP contribution in [-0.2, 0) is 4.74 Å². The molecule has 0 aliphatic heterocycles. The lowest BCUT2D eigenvalue weighted by molar-refractivity contribution is -0.276. The Morgan fingerprint density at radius 1 is 1.09 bits per heavy atom. The van der Waals surface area contributed by atoms with Crippen LogP contribution in [0, 0.1) is 16.7 Å². The van der Waals surface area contributed by atoms with Gasteiger partial charge in [-0.15, -0.1) is 0 Å². The number of rotatable bonds is 2. The Balaban J connectivity index is 1.90. The molecule has 2 aliphatic rings. The number of fused-ring (bicyclic) bond motifs is 1. The van der Waals surface area contributed by atoms with Crippen LogP contribution in [0.4, 0.5) is 0 Å². The molecule has 3 heteroatoms. The zero-order chi connectivity index (χ0) is 16.5. The Morgan fingerprint density at radius 2 is 1.64 bits per heavy atom. The molecule has 0 spiro atoms. The third-order valence-electron chi connectivity index (χ3n) is 7.20. The van der Waals surface area contributed by atoms with Crippen molar-refractivity contribution in [1.29, 1.82) is 0 Å². The number of hydrogen-bond donors (Lipinski definition) is 0. The zero-order valence-corrected chi connectivity index (χ0v) is 15.7. The van der Waals surface area contributed by atoms with E-state index >= 15 is 0 Å². The maximum atomic E-state index is 12.6. The van der Waals surface area contributed by atoms with Gasteiger partial charge >= 0.3 is 5.97 Å². The monoisotopic (exact) mass is 362 g/mol. The molecular weight excluding hydrogens is 340 g/mol. The van der Waals surface area contributed by atoms with Crippen LogP contribution in [0.5, 0.6) is 0 Å². The van der Waals surface area contributed by atoms with Crippen molar-refractivity contribution >= 4 is 21.9 Å². The van der Waals surface area contributed by atoms with Crippen LogP contribution >= 0.6 is 15.9 Å². The lowest BCUT2D eigenvalue weighted by atomic mass is 9.27. The SMILES string of the molecule is CC1=C(C)[C@]2(C)[C@@H](C)[C@@](C)(OC(=O)c3ccc(Br)cc3)[C@@]12C. The zero-order valence-electron chi connectivity index (χ0n) is 14.1. The van der Waals surface area contributed by atoms with Crippen molar-refractivity contribution in [3.8, 4) is 0 Å². The Bertz CT molecular complexity index is 690. The summed E-state index contributed by atoms with van der Waals surface area (Å²) in [6.07, 6.45) is 0. The first-order valence-corrected chi connectivity index (χ1v) is 8.57. The number of benzene rings is 1. The van der Waals surface area contributed by atoms with Gasteiger partial charge in [-0.3, -0.25) is 0 Å². The van der Waals surface area contributed by atoms with Crippen molar-refractivity contribution in [3.05, 3.63) is 45.4 Å². The molecule has 0 unspecified atom stereocenters. The van der Waals surface area contributed by atoms with E-state index in [0.717, 1.165) is 4.47 Å². The van der Waals surface area contributed by atoms with Crippen LogP contribution in [0.1, 0.15) is 51.9 Å². The van der Waals surface area contributed by atoms with E-state index in [4.69, 9.17) is 4.74 Å². The summed E-state index contributed by atoms with van der Waals surface area (Å²) in [6, 6.07) is 7.34. The molecule has 0 saturated heterocycles. The molecule has 0 aromatic heterocycles. The highest BCUT2D eigenvalue weighted by Crippen LogP contribution is 2.80. The number of hydrogen-bond acceptors (Lipinski definition) is 2. The summed E-state index contributed by atoms with van der Waals surface area (Å²) in [7, 11) is 0. The van der Waals surface area contributed by atoms with Crippen LogP contribution in [-0.4, -0.2) is 11.6 Å². The molecule has 0 N–H and O–H groups in total. The summed E-state index contributed by atoms with van der Waals surface area (Å²) in [4.78, 5) is 12.6. The van der Waals surface area contributed by atoms with Crippen LogP contribution in [0.15, 0.2) is 39.9 Å². The largest absolute Gasteiger partial charge is 0.454 e. The van der Waals surface area contributed by atoms with E-state index in [1.54, 1.807) is 12.1 Å². The Kier molecular flexibility index (Phi) is 3.21. The van der Waals surface area contributed by atoms with Gasteiger partial charge in [0.25, 0.3) is 0 Å². The third kappa shape index (κ3) is 1.49. The lowest BCUT2D eigenvalue weighted by Gasteiger charge is -2.78. The molecular formula is C19H23BrO2. The average molecular weight is 363 g/mol. The van der Waals surface area contributed by atoms with E-state index in [1.807, 2.05) is 12.1 Å². The molecule has 0 radical (unpaired) electrons. The Labute approximate surface area is 141 Å². The van der Waals surface area contributed by atoms with Crippen molar-refractivity contribution in [1.82, 2.24) is 0 Å². The first kappa shape index (κ1) is 15.8. The van der Waals surface area contributed by atoms with E-state index in [9.17, 15) is 4.79 Å². The van der Waals surface area contributed by atoms with Gasteiger partial charge in [0.2, 0.25) is 0 Å². The molecule has 1 saturated carbocycles. The minimum Gasteiger partial charge on any atom is -0.454 e. The third-order valence-corrected chi connectivity index (χ3v) is 7.73. The van der Waals surface area contributed by atoms with Crippen LogP contribution in [0.2, 0.25) is 0 Å². The van der Waals surface area contributed by atoms with Gasteiger partial charge in [-0.05, 0) is 45.0 Å². The Hall–Kier alpha value is -1.09. The molecule has 1 aromatic carbocycles. The highest BCUT2D eigenvalue weighted by Gasteiger charge is 2.80. The predicted octanol–water partition coefficient (Wildman–Crippen LogP) is 5.38. The van der Waals surface area contributed by atoms with Gasteiger partial charge in [0.05, 0.1) is 5.56 Å². The molecule has 3 rings (SSSR count). The first-order chi connectivity index (χ1) is 10.1. The van der Waals surface area contributed by atoms with E-state index in [0.29, 0.717) is 11.5 Å². The minimum atomic E-state index is -0.449. The van der Waals surface area contributed by atoms with Gasteiger partial charge in [0.1, 0.15) is 5.60 Å². The molecule has 1 aromatic rings. The van der Waals surface area contributed by atoms with E-state index < -0.39 is 5.60 Å². The second-order valence-electron chi connectivity index (χ2n) is 7.30. The molecule has 118 valence electrons. The number of esters is 1. The maximum Gasteiger partial charge on any atom is 0.338 e. The molecule has 0 bridgehead atoms. The van der Waals surface area contributed by atoms with Crippen molar-refractivity contribution in [3.63, 3.8) is 0 Å². The van der Waals surface area contributed by atoms with Crippen molar-refractivity contribution in [2.75, 3.05) is 0 Å². The Morgan fingerprint density at radius 3 is 2.18 bits per heavy atom. The fourth-order valence-electron chi connectivity index (χ4n) is 5.05. The van der Waals surface area contributed by atoms with Crippen molar-refractivity contribution in [2.45, 2.75) is 47.1 Å². The summed E-state index contributed by atoms with van der Waals surface area (Å²) in [5.41, 5.74) is 3.07. The van der Waals surface area contributed by atoms with Gasteiger partial charge in [-0.25, -0.2) is 4.79 Å². The minimum absolute atomic E-state index is 0.0610. The van der Waals surface area contributed by atoms with Crippen LogP contribution < -0.4 is 0 Å². The van der Waals surface area contributed by atoms with Crippen LogP contribution in [0.3, 0.4) is 0 Å². The molecule has 0 amide bonds. The summed E-state index contributed by atoms with van der Waals surface area (Å²) in [5, 5.41) is 0. The summed E-state index contributed by atoms with van der Waals surface area (Å²) >= 11 is 3.39. The normalized spacial score (nSPS) is 39.7. The summed E-state index contributed by atoms with van der Waals surface area (Å²) < 4.78 is 7.00. The second kappa shape index (κ2) is 4.47. The molecule has 2 aliphatic carbocycles. The van der Waals surface area contributed by atoms with E-state index in [-0.39, 0.29) is 16.8 Å². The number of halogens is 1. The van der Waals surface area contributed by atoms with E-state index in [1.165, 1.54) is 11.1 Å². The summed E-state index contributed by atoms with van der Waals surface area (Å²) in [5.74, 6) is 0.0792. The van der Waals surface area contributed by atoms with Crippen molar-refractivity contribution < 1.29 is 9.53 Å². The van der Waals surface area contributed by atoms with Crippen molar-refractivity contribution in [2.24, 2.45) is 16.7 Å². The quantitative estimate of drug-likeness (QED) is 0.521. The molecule has 1 fully saturated rings. The highest BCUT2D eigenvalue weighted by molar-refractivity contribution is 9.10. The molecule has 0 heterocycles. The van der Waals surface area contributed by atoms with Gasteiger partial charge in [-0.2, -0.15) is 0 Å². The maximum absolute atomic E-state index is 12.6. The number of carbonyl (C=O) groups is 1. The van der Waals surface area contributed by atoms with Gasteiger partial charge in [-0.1, -0.05) is 47.8 Å². The average Bonchev–Trinajstić information content (AvgIpc) is 2.51. The van der Waals surface area contributed by atoms with Crippen LogP contribution in [0.25, 0.3) is 0 Å². The second-order valence-corrected chi connectivity index (χ2v) is 8.22. The fourth-order valence-corrected chi connectivity index (χ4v) is 5.31. The number of carbonyl (C=O) groups excluding carboxylic acids is 1. The molecule has 2 nitrogen and oxygen atoms in total. The van der Waals surface area contributed by atoms with Gasteiger partial charge in [0, 0.05) is 21.2 Å². The highest BCUT2D eigenvalue weighted by atomic mass is 79.9.